The molecule has 0 heterocycles. The first-order valence-electron chi connectivity index (χ1n) is 23.0. The Morgan fingerprint density at radius 3 is 0.759 bits per heavy atom. The molecule has 0 aliphatic rings. The Balaban J connectivity index is -0.0000000982. The van der Waals surface area contributed by atoms with Crippen molar-refractivity contribution in [1.82, 2.24) is 0 Å². The van der Waals surface area contributed by atoms with Crippen molar-refractivity contribution in [1.29, 1.82) is 0 Å². The van der Waals surface area contributed by atoms with Crippen LogP contribution in [0, 0.1) is 71.0 Å². The van der Waals surface area contributed by atoms with Gasteiger partial charge < -0.3 is 14.6 Å². The molecule has 3 heteroatoms. The summed E-state index contributed by atoms with van der Waals surface area (Å²) in [5.41, 5.74) is 0. The number of aliphatic hydroxyl groups excluding tert-OH is 1. The zero-order valence-electron chi connectivity index (χ0n) is 42.0. The van der Waals surface area contributed by atoms with Crippen LogP contribution in [0.5, 0.6) is 0 Å². The largest absolute Gasteiger partial charge is 0.393 e. The van der Waals surface area contributed by atoms with Gasteiger partial charge in [-0.3, -0.25) is 0 Å². The lowest BCUT2D eigenvalue weighted by atomic mass is 9.98. The van der Waals surface area contributed by atoms with Gasteiger partial charge in [-0.25, -0.2) is 0 Å². The van der Waals surface area contributed by atoms with Crippen molar-refractivity contribution in [3.05, 3.63) is 0 Å². The van der Waals surface area contributed by atoms with Crippen LogP contribution in [0.1, 0.15) is 231 Å². The van der Waals surface area contributed by atoms with Gasteiger partial charge in [0.05, 0.1) is 6.10 Å². The molecule has 0 fully saturated rings. The number of hydrogen-bond acceptors (Lipinski definition) is 3. The molecule has 0 spiro atoms. The van der Waals surface area contributed by atoms with Crippen molar-refractivity contribution in [2.45, 2.75) is 237 Å². The van der Waals surface area contributed by atoms with E-state index in [0.717, 1.165) is 80.7 Å². The summed E-state index contributed by atoms with van der Waals surface area (Å²) in [5, 5.41) is 9.39. The average Bonchev–Trinajstić information content (AvgIpc) is 2.93. The van der Waals surface area contributed by atoms with Crippen molar-refractivity contribution >= 4 is 0 Å². The number of rotatable bonds is 22. The van der Waals surface area contributed by atoms with Crippen LogP contribution in [-0.2, 0) is 9.47 Å². The summed E-state index contributed by atoms with van der Waals surface area (Å²) in [6.45, 7) is 57.0. The molecule has 0 aliphatic carbocycles. The quantitative estimate of drug-likeness (QED) is 0.111. The first kappa shape index (κ1) is 68.6. The SMILES string of the molecule is C.CC(C)CC(C)C.CC(C)CC(O)CC(C)C.CC(C)CCC(C)C.CC(C)CCCC(C)C.CC(C)CCOCC(C)C.CC(C)COCC(C)C. The van der Waals surface area contributed by atoms with Gasteiger partial charge in [0.15, 0.2) is 0 Å². The lowest BCUT2D eigenvalue weighted by Crippen LogP contribution is -2.12. The summed E-state index contributed by atoms with van der Waals surface area (Å²) < 4.78 is 10.8. The number of ether oxygens (including phenoxy) is 2. The summed E-state index contributed by atoms with van der Waals surface area (Å²) in [6, 6.07) is 0. The average molecular weight is 777 g/mol. The predicted octanol–water partition coefficient (Wildman–Crippen LogP) is 17.3. The van der Waals surface area contributed by atoms with E-state index >= 15 is 0 Å². The fraction of sp³-hybridized carbons (Fsp3) is 1.00. The summed E-state index contributed by atoms with van der Waals surface area (Å²) in [7, 11) is 0. The van der Waals surface area contributed by atoms with E-state index in [-0.39, 0.29) is 13.5 Å². The maximum absolute atomic E-state index is 9.39. The van der Waals surface area contributed by atoms with Crippen molar-refractivity contribution in [2.24, 2.45) is 71.0 Å². The van der Waals surface area contributed by atoms with E-state index < -0.39 is 0 Å². The monoisotopic (exact) mass is 777 g/mol. The van der Waals surface area contributed by atoms with E-state index in [4.69, 9.17) is 9.47 Å². The van der Waals surface area contributed by atoms with Gasteiger partial charge in [0.1, 0.15) is 0 Å². The van der Waals surface area contributed by atoms with Crippen LogP contribution >= 0.6 is 0 Å². The van der Waals surface area contributed by atoms with Crippen LogP contribution in [0.25, 0.3) is 0 Å². The zero-order valence-corrected chi connectivity index (χ0v) is 42.0. The highest BCUT2D eigenvalue weighted by molar-refractivity contribution is 4.60. The van der Waals surface area contributed by atoms with Gasteiger partial charge in [-0.2, -0.15) is 0 Å². The van der Waals surface area contributed by atoms with Gasteiger partial charge in [0.25, 0.3) is 0 Å². The molecule has 0 atom stereocenters. The molecule has 0 rings (SSSR count). The Kier molecular flexibility index (Phi) is 62.2. The molecule has 0 unspecified atom stereocenters. The van der Waals surface area contributed by atoms with Crippen LogP contribution < -0.4 is 0 Å². The Bertz CT molecular complexity index is 546. The molecule has 0 saturated carbocycles. The maximum Gasteiger partial charge on any atom is 0.0545 e. The lowest BCUT2D eigenvalue weighted by molar-refractivity contribution is 0.0886. The minimum Gasteiger partial charge on any atom is -0.393 e. The molecule has 0 aromatic rings. The number of hydrogen-bond donors (Lipinski definition) is 1. The van der Waals surface area contributed by atoms with Crippen LogP contribution in [0.2, 0.25) is 0 Å². The second kappa shape index (κ2) is 49.0. The molecule has 338 valence electrons. The first-order chi connectivity index (χ1) is 24.1. The highest BCUT2D eigenvalue weighted by Gasteiger charge is 2.08. The molecule has 3 nitrogen and oxygen atoms in total. The van der Waals surface area contributed by atoms with E-state index in [9.17, 15) is 5.11 Å². The second-order valence-corrected chi connectivity index (χ2v) is 21.0. The maximum atomic E-state index is 9.39. The van der Waals surface area contributed by atoms with Crippen molar-refractivity contribution in [2.75, 3.05) is 26.4 Å². The molecular formula is C51H116O3. The highest BCUT2D eigenvalue weighted by Crippen LogP contribution is 2.13. The summed E-state index contributed by atoms with van der Waals surface area (Å²) in [4.78, 5) is 0. The summed E-state index contributed by atoms with van der Waals surface area (Å²) >= 11 is 0. The molecular weight excluding hydrogens is 661 g/mol. The molecule has 0 aliphatic heterocycles. The lowest BCUT2D eigenvalue weighted by Gasteiger charge is -2.14. The fourth-order valence-electron chi connectivity index (χ4n) is 4.91. The van der Waals surface area contributed by atoms with Crippen molar-refractivity contribution in [3.8, 4) is 0 Å². The van der Waals surface area contributed by atoms with E-state index in [1.807, 2.05) is 0 Å². The predicted molar refractivity (Wildman–Crippen MR) is 254 cm³/mol. The molecule has 0 saturated heterocycles. The van der Waals surface area contributed by atoms with Gasteiger partial charge in [0, 0.05) is 26.4 Å². The summed E-state index contributed by atoms with van der Waals surface area (Å²) in [6.07, 6.45) is 11.3. The molecule has 0 amide bonds. The Hall–Kier alpha value is -0.120. The van der Waals surface area contributed by atoms with Crippen LogP contribution in [0.3, 0.4) is 0 Å². The van der Waals surface area contributed by atoms with E-state index in [1.54, 1.807) is 0 Å². The minimum absolute atomic E-state index is 0. The first-order valence-corrected chi connectivity index (χ1v) is 23.0. The third kappa shape index (κ3) is 104. The Morgan fingerprint density at radius 1 is 0.296 bits per heavy atom. The third-order valence-corrected chi connectivity index (χ3v) is 7.51. The smallest absolute Gasteiger partial charge is 0.0545 e. The Morgan fingerprint density at radius 2 is 0.556 bits per heavy atom. The van der Waals surface area contributed by atoms with E-state index in [2.05, 4.69) is 166 Å². The molecule has 0 aromatic heterocycles. The third-order valence-electron chi connectivity index (χ3n) is 7.51. The van der Waals surface area contributed by atoms with Gasteiger partial charge in [-0.15, -0.1) is 0 Å². The molecule has 1 N–H and O–H groups in total. The van der Waals surface area contributed by atoms with Gasteiger partial charge in [-0.1, -0.05) is 206 Å². The van der Waals surface area contributed by atoms with Crippen LogP contribution in [-0.4, -0.2) is 37.6 Å². The van der Waals surface area contributed by atoms with Gasteiger partial charge >= 0.3 is 0 Å². The minimum atomic E-state index is -0.0833. The van der Waals surface area contributed by atoms with E-state index in [1.165, 1.54) is 44.9 Å². The van der Waals surface area contributed by atoms with Gasteiger partial charge in [-0.05, 0) is 96.7 Å². The summed E-state index contributed by atoms with van der Waals surface area (Å²) in [5.74, 6) is 9.33. The molecule has 54 heavy (non-hydrogen) atoms. The Labute approximate surface area is 348 Å². The number of aliphatic hydroxyl groups is 1. The molecule has 0 aromatic carbocycles. The topological polar surface area (TPSA) is 38.7 Å². The van der Waals surface area contributed by atoms with Gasteiger partial charge in [0.2, 0.25) is 0 Å². The highest BCUT2D eigenvalue weighted by atomic mass is 16.5. The van der Waals surface area contributed by atoms with Crippen LogP contribution in [0.4, 0.5) is 0 Å². The standard InChI is InChI=1S/2C9H20O.C9H20.C8H18O.C8H18.C7H16.CH4/c1-7(2)5-9(10)6-8(3)4;1-8(2)5-6-10-7-9(3)4;1-8(2)6-5-7-9(3)4;1-7(2)5-9-6-8(3)4;1-7(2)5-6-8(3)4;1-6(2)5-7(3)4;/h7-10H,5-6H2,1-4H3;8-9H,5-7H2,1-4H3;8-9H,5-7H2,1-4H3;7-8H,5-6H2,1-4H3;7-8H,5-6H2,1-4H3;6-7H,5H2,1-4H3;1H4. The van der Waals surface area contributed by atoms with Crippen molar-refractivity contribution in [3.63, 3.8) is 0 Å². The van der Waals surface area contributed by atoms with Crippen molar-refractivity contribution < 1.29 is 14.6 Å². The van der Waals surface area contributed by atoms with E-state index in [0.29, 0.717) is 29.6 Å². The van der Waals surface area contributed by atoms with Crippen LogP contribution in [0.15, 0.2) is 0 Å². The normalized spacial score (nSPS) is 11.2. The molecule has 0 bridgehead atoms. The second-order valence-electron chi connectivity index (χ2n) is 21.0. The fourth-order valence-corrected chi connectivity index (χ4v) is 4.91. The molecule has 0 radical (unpaired) electrons. The zero-order chi connectivity index (χ0) is 43.1.